The fraction of sp³-hybridized carbons (Fsp3) is 0.417. The summed E-state index contributed by atoms with van der Waals surface area (Å²) in [6.07, 6.45) is 1.53. The highest BCUT2D eigenvalue weighted by Gasteiger charge is 2.25. The molecule has 2 aliphatic rings. The predicted molar refractivity (Wildman–Crippen MR) is 58.9 cm³/mol. The van der Waals surface area contributed by atoms with Crippen molar-refractivity contribution in [3.8, 4) is 0 Å². The fourth-order valence-corrected chi connectivity index (χ4v) is 2.19. The van der Waals surface area contributed by atoms with E-state index in [2.05, 4.69) is 23.5 Å². The van der Waals surface area contributed by atoms with Gasteiger partial charge in [-0.1, -0.05) is 12.1 Å². The Kier molecular flexibility index (Phi) is 1.83. The van der Waals surface area contributed by atoms with E-state index in [1.165, 1.54) is 11.1 Å². The summed E-state index contributed by atoms with van der Waals surface area (Å²) in [5, 5.41) is 3.30. The second kappa shape index (κ2) is 3.07. The molecule has 0 aromatic heterocycles. The first kappa shape index (κ1) is 8.92. The number of nitrogens with one attached hydrogen (secondary N) is 1. The van der Waals surface area contributed by atoms with Crippen molar-refractivity contribution in [3.05, 3.63) is 29.3 Å². The zero-order valence-corrected chi connectivity index (χ0v) is 8.79. The molecule has 0 radical (unpaired) electrons. The zero-order valence-electron chi connectivity index (χ0n) is 8.79. The van der Waals surface area contributed by atoms with Gasteiger partial charge >= 0.3 is 0 Å². The van der Waals surface area contributed by atoms with E-state index in [1.807, 2.05) is 7.05 Å². The maximum Gasteiger partial charge on any atom is 0.227 e. The van der Waals surface area contributed by atoms with Crippen LogP contribution in [0.1, 0.15) is 23.6 Å². The van der Waals surface area contributed by atoms with Crippen molar-refractivity contribution in [3.63, 3.8) is 0 Å². The van der Waals surface area contributed by atoms with Gasteiger partial charge < -0.3 is 10.2 Å². The Balaban J connectivity index is 2.01. The van der Waals surface area contributed by atoms with E-state index in [9.17, 15) is 4.79 Å². The summed E-state index contributed by atoms with van der Waals surface area (Å²) in [7, 11) is 1.86. The summed E-state index contributed by atoms with van der Waals surface area (Å²) in [4.78, 5) is 13.3. The number of hydrogen-bond acceptors (Lipinski definition) is 2. The largest absolute Gasteiger partial charge is 0.315 e. The van der Waals surface area contributed by atoms with Gasteiger partial charge in [-0.15, -0.1) is 0 Å². The summed E-state index contributed by atoms with van der Waals surface area (Å²) in [5.74, 6) is 0.222. The smallest absolute Gasteiger partial charge is 0.227 e. The monoisotopic (exact) mass is 202 g/mol. The molecule has 1 aromatic carbocycles. The Labute approximate surface area is 89.1 Å². The lowest BCUT2D eigenvalue weighted by molar-refractivity contribution is -0.118. The van der Waals surface area contributed by atoms with Crippen molar-refractivity contribution in [2.75, 3.05) is 18.5 Å². The van der Waals surface area contributed by atoms with Crippen molar-refractivity contribution in [1.29, 1.82) is 0 Å². The number of carbonyl (C=O) groups excluding carboxylic acids is 1. The summed E-state index contributed by atoms with van der Waals surface area (Å²) in [6, 6.07) is 6.99. The number of carbonyl (C=O) groups is 1. The Hall–Kier alpha value is -1.35. The first-order chi connectivity index (χ1) is 7.25. The molecule has 1 atom stereocenters. The average molecular weight is 202 g/mol. The van der Waals surface area contributed by atoms with Crippen LogP contribution in [0.25, 0.3) is 0 Å². The number of rotatable bonds is 1. The molecule has 0 bridgehead atoms. The SMILES string of the molecule is CN1C(=O)CCc2cc(C3CN3)ccc21. The molecule has 15 heavy (non-hydrogen) atoms. The molecular weight excluding hydrogens is 188 g/mol. The van der Waals surface area contributed by atoms with Crippen LogP contribution in [0.15, 0.2) is 18.2 Å². The summed E-state index contributed by atoms with van der Waals surface area (Å²) < 4.78 is 0. The quantitative estimate of drug-likeness (QED) is 0.696. The number of fused-ring (bicyclic) bond motifs is 1. The molecule has 1 fully saturated rings. The summed E-state index contributed by atoms with van der Waals surface area (Å²) in [5.41, 5.74) is 3.75. The van der Waals surface area contributed by atoms with Crippen molar-refractivity contribution in [2.45, 2.75) is 18.9 Å². The maximum atomic E-state index is 11.5. The Morgan fingerprint density at radius 1 is 1.40 bits per heavy atom. The minimum atomic E-state index is 0.222. The summed E-state index contributed by atoms with van der Waals surface area (Å²) in [6.45, 7) is 1.09. The van der Waals surface area contributed by atoms with Gasteiger partial charge in [-0.05, 0) is 23.6 Å². The van der Waals surface area contributed by atoms with Crippen LogP contribution >= 0.6 is 0 Å². The highest BCUT2D eigenvalue weighted by Crippen LogP contribution is 2.31. The first-order valence-corrected chi connectivity index (χ1v) is 5.38. The number of benzene rings is 1. The molecule has 78 valence electrons. The third-order valence-electron chi connectivity index (χ3n) is 3.26. The number of aryl methyl sites for hydroxylation is 1. The van der Waals surface area contributed by atoms with Gasteiger partial charge in [0, 0.05) is 31.7 Å². The lowest BCUT2D eigenvalue weighted by Crippen LogP contribution is -2.31. The molecule has 3 rings (SSSR count). The molecule has 2 heterocycles. The van der Waals surface area contributed by atoms with E-state index in [0.29, 0.717) is 12.5 Å². The van der Waals surface area contributed by atoms with Gasteiger partial charge in [-0.25, -0.2) is 0 Å². The van der Waals surface area contributed by atoms with Gasteiger partial charge in [0.1, 0.15) is 0 Å². The third-order valence-corrected chi connectivity index (χ3v) is 3.26. The minimum Gasteiger partial charge on any atom is -0.315 e. The fourth-order valence-electron chi connectivity index (χ4n) is 2.19. The molecule has 3 nitrogen and oxygen atoms in total. The molecule has 2 aliphatic heterocycles. The zero-order chi connectivity index (χ0) is 10.4. The van der Waals surface area contributed by atoms with Crippen LogP contribution in [-0.4, -0.2) is 19.5 Å². The molecule has 0 spiro atoms. The normalized spacial score (nSPS) is 23.9. The minimum absolute atomic E-state index is 0.222. The lowest BCUT2D eigenvalue weighted by Gasteiger charge is -2.26. The summed E-state index contributed by atoms with van der Waals surface area (Å²) >= 11 is 0. The average Bonchev–Trinajstić information content (AvgIpc) is 3.07. The molecule has 1 saturated heterocycles. The highest BCUT2D eigenvalue weighted by atomic mass is 16.2. The molecule has 1 N–H and O–H groups in total. The van der Waals surface area contributed by atoms with Crippen LogP contribution in [0, 0.1) is 0 Å². The van der Waals surface area contributed by atoms with Crippen LogP contribution < -0.4 is 10.2 Å². The van der Waals surface area contributed by atoms with Gasteiger partial charge in [0.25, 0.3) is 0 Å². The van der Waals surface area contributed by atoms with Crippen LogP contribution in [0.2, 0.25) is 0 Å². The lowest BCUT2D eigenvalue weighted by atomic mass is 9.98. The van der Waals surface area contributed by atoms with Crippen LogP contribution in [-0.2, 0) is 11.2 Å². The van der Waals surface area contributed by atoms with Gasteiger partial charge in [0.15, 0.2) is 0 Å². The van der Waals surface area contributed by atoms with E-state index in [1.54, 1.807) is 4.90 Å². The van der Waals surface area contributed by atoms with Crippen molar-refractivity contribution < 1.29 is 4.79 Å². The van der Waals surface area contributed by atoms with Crippen molar-refractivity contribution >= 4 is 11.6 Å². The second-order valence-electron chi connectivity index (χ2n) is 4.30. The molecule has 1 amide bonds. The highest BCUT2D eigenvalue weighted by molar-refractivity contribution is 5.95. The third kappa shape index (κ3) is 1.43. The molecule has 1 aromatic rings. The van der Waals surface area contributed by atoms with Crippen LogP contribution in [0.3, 0.4) is 0 Å². The van der Waals surface area contributed by atoms with E-state index >= 15 is 0 Å². The van der Waals surface area contributed by atoms with Crippen LogP contribution in [0.5, 0.6) is 0 Å². The molecular formula is C12H14N2O. The second-order valence-corrected chi connectivity index (χ2v) is 4.30. The van der Waals surface area contributed by atoms with E-state index in [0.717, 1.165) is 18.7 Å². The number of amides is 1. The van der Waals surface area contributed by atoms with Crippen molar-refractivity contribution in [2.24, 2.45) is 0 Å². The van der Waals surface area contributed by atoms with Crippen molar-refractivity contribution in [1.82, 2.24) is 5.32 Å². The predicted octanol–water partition coefficient (Wildman–Crippen LogP) is 1.24. The van der Waals surface area contributed by atoms with E-state index in [-0.39, 0.29) is 5.91 Å². The molecule has 3 heteroatoms. The van der Waals surface area contributed by atoms with Crippen LogP contribution in [0.4, 0.5) is 5.69 Å². The number of nitrogens with zero attached hydrogens (tertiary/aromatic N) is 1. The Morgan fingerprint density at radius 2 is 2.20 bits per heavy atom. The van der Waals surface area contributed by atoms with Gasteiger partial charge in [0.2, 0.25) is 5.91 Å². The van der Waals surface area contributed by atoms with E-state index in [4.69, 9.17) is 0 Å². The number of hydrogen-bond donors (Lipinski definition) is 1. The molecule has 0 saturated carbocycles. The Morgan fingerprint density at radius 3 is 2.93 bits per heavy atom. The first-order valence-electron chi connectivity index (χ1n) is 5.38. The van der Waals surface area contributed by atoms with Gasteiger partial charge in [-0.2, -0.15) is 0 Å². The van der Waals surface area contributed by atoms with Gasteiger partial charge in [-0.3, -0.25) is 4.79 Å². The topological polar surface area (TPSA) is 42.2 Å². The maximum absolute atomic E-state index is 11.5. The standard InChI is InChI=1S/C12H14N2O/c1-14-11-4-2-8(10-7-13-10)6-9(11)3-5-12(14)15/h2,4,6,10,13H,3,5,7H2,1H3. The van der Waals surface area contributed by atoms with E-state index < -0.39 is 0 Å². The Bertz CT molecular complexity index is 424. The molecule has 0 aliphatic carbocycles. The number of anilines is 1. The molecule has 1 unspecified atom stereocenters. The van der Waals surface area contributed by atoms with Gasteiger partial charge in [0.05, 0.1) is 0 Å².